The third-order valence-electron chi connectivity index (χ3n) is 6.38. The maximum atomic E-state index is 12.2. The minimum absolute atomic E-state index is 0.0590. The number of aliphatic hydroxyl groups excluding tert-OH is 3. The molecule has 1 saturated carbocycles. The number of aromatic amines is 1. The molecular weight excluding hydrogens is 537 g/mol. The first-order valence-corrected chi connectivity index (χ1v) is 13.3. The average Bonchev–Trinajstić information content (AvgIpc) is 3.23. The molecule has 19 heteroatoms. The van der Waals surface area contributed by atoms with Crippen LogP contribution in [0.15, 0.2) is 6.20 Å². The molecule has 3 aromatic rings. The van der Waals surface area contributed by atoms with Crippen LogP contribution in [0.2, 0.25) is 5.28 Å². The SMILES string of the molecule is O=P(O)(O)C(CO)(Cc1nn[nH]n1)OC[C@@H]1O[C@H](n2ncc3c(NCC4CC4)nc(Cl)nc32)[C@@H](O)[C@H]1O. The summed E-state index contributed by atoms with van der Waals surface area (Å²) in [6, 6.07) is 0. The summed E-state index contributed by atoms with van der Waals surface area (Å²) in [6.07, 6.45) is -2.39. The van der Waals surface area contributed by atoms with Gasteiger partial charge >= 0.3 is 7.60 Å². The first kappa shape index (κ1) is 26.3. The number of H-pyrrole nitrogens is 1. The summed E-state index contributed by atoms with van der Waals surface area (Å²) in [7, 11) is -5.11. The molecule has 1 aliphatic heterocycles. The molecule has 2 fully saturated rings. The summed E-state index contributed by atoms with van der Waals surface area (Å²) in [4.78, 5) is 28.2. The van der Waals surface area contributed by atoms with E-state index in [1.54, 1.807) is 0 Å². The first-order valence-electron chi connectivity index (χ1n) is 11.3. The molecule has 0 spiro atoms. The first-order chi connectivity index (χ1) is 17.6. The van der Waals surface area contributed by atoms with E-state index < -0.39 is 57.1 Å². The highest BCUT2D eigenvalue weighted by Gasteiger charge is 2.52. The maximum Gasteiger partial charge on any atom is 0.359 e. The van der Waals surface area contributed by atoms with Gasteiger partial charge in [0.05, 0.1) is 31.2 Å². The number of halogens is 1. The number of tetrazole rings is 1. The second kappa shape index (κ2) is 10.1. The maximum absolute atomic E-state index is 12.2. The molecule has 0 bridgehead atoms. The van der Waals surface area contributed by atoms with E-state index in [1.807, 2.05) is 0 Å². The van der Waals surface area contributed by atoms with Gasteiger partial charge in [0.2, 0.25) is 5.28 Å². The molecule has 1 aliphatic carbocycles. The Morgan fingerprint density at radius 2 is 2.08 bits per heavy atom. The van der Waals surface area contributed by atoms with E-state index in [1.165, 1.54) is 10.9 Å². The summed E-state index contributed by atoms with van der Waals surface area (Å²) < 4.78 is 24.7. The van der Waals surface area contributed by atoms with Crippen molar-refractivity contribution in [2.75, 3.05) is 25.1 Å². The van der Waals surface area contributed by atoms with Gasteiger partial charge in [-0.2, -0.15) is 20.3 Å². The second-order valence-corrected chi connectivity index (χ2v) is 11.2. The van der Waals surface area contributed by atoms with E-state index in [4.69, 9.17) is 21.1 Å². The fraction of sp³-hybridized carbons (Fsp3) is 0.667. The molecule has 7 N–H and O–H groups in total. The molecule has 1 saturated heterocycles. The summed E-state index contributed by atoms with van der Waals surface area (Å²) in [6.45, 7) is -0.998. The standard InChI is InChI=1S/C18H25ClN9O8P/c19-17-22-14(20-4-8-1-2-8)9-5-21-28(15(9)23-17)16-13(31)12(30)10(36-16)6-35-18(7-29,37(32,33)34)3-11-24-26-27-25-11/h5,8,10,12-13,16,29-31H,1-4,6-7H2,(H,20,22,23)(H2,32,33,34)(H,24,25,26,27)/t10-,12-,13-,16-,18?/m0/s1. The molecule has 0 amide bonds. The third-order valence-corrected chi connectivity index (χ3v) is 8.04. The Morgan fingerprint density at radius 1 is 1.30 bits per heavy atom. The zero-order valence-electron chi connectivity index (χ0n) is 19.1. The number of ether oxygens (including phenoxy) is 2. The molecule has 202 valence electrons. The van der Waals surface area contributed by atoms with E-state index in [-0.39, 0.29) is 16.8 Å². The number of aliphatic hydroxyl groups is 3. The molecule has 3 aromatic heterocycles. The van der Waals surface area contributed by atoms with Crippen LogP contribution in [0.25, 0.3) is 11.0 Å². The van der Waals surface area contributed by atoms with Crippen molar-refractivity contribution in [3.05, 3.63) is 17.3 Å². The van der Waals surface area contributed by atoms with Crippen molar-refractivity contribution in [3.8, 4) is 0 Å². The van der Waals surface area contributed by atoms with Gasteiger partial charge in [0.15, 0.2) is 23.0 Å². The number of hydrogen-bond donors (Lipinski definition) is 7. The normalized spacial score (nSPS) is 26.0. The van der Waals surface area contributed by atoms with E-state index >= 15 is 0 Å². The van der Waals surface area contributed by atoms with Gasteiger partial charge in [-0.3, -0.25) is 4.57 Å². The second-order valence-electron chi connectivity index (χ2n) is 9.00. The molecule has 4 heterocycles. The zero-order valence-corrected chi connectivity index (χ0v) is 20.8. The van der Waals surface area contributed by atoms with Gasteiger partial charge in [-0.15, -0.1) is 10.2 Å². The lowest BCUT2D eigenvalue weighted by atomic mass is 10.1. The van der Waals surface area contributed by atoms with Crippen molar-refractivity contribution in [3.63, 3.8) is 0 Å². The lowest BCUT2D eigenvalue weighted by molar-refractivity contribution is -0.109. The van der Waals surface area contributed by atoms with E-state index in [0.29, 0.717) is 23.7 Å². The van der Waals surface area contributed by atoms with Gasteiger partial charge in [-0.25, -0.2) is 4.68 Å². The van der Waals surface area contributed by atoms with Crippen LogP contribution in [-0.4, -0.2) is 109 Å². The van der Waals surface area contributed by atoms with Crippen LogP contribution in [0.4, 0.5) is 5.82 Å². The average molecular weight is 562 g/mol. The van der Waals surface area contributed by atoms with Gasteiger partial charge in [0.1, 0.15) is 24.1 Å². The Hall–Kier alpha value is -2.34. The van der Waals surface area contributed by atoms with Crippen LogP contribution in [0.5, 0.6) is 0 Å². The van der Waals surface area contributed by atoms with Crippen LogP contribution >= 0.6 is 19.2 Å². The van der Waals surface area contributed by atoms with Gasteiger partial charge in [0, 0.05) is 6.54 Å². The van der Waals surface area contributed by atoms with Crippen molar-refractivity contribution in [1.29, 1.82) is 0 Å². The number of hydrogen-bond acceptors (Lipinski definition) is 13. The Morgan fingerprint density at radius 3 is 2.73 bits per heavy atom. The summed E-state index contributed by atoms with van der Waals surface area (Å²) in [5.41, 5.74) is 0.244. The Kier molecular flexibility index (Phi) is 7.16. The molecule has 0 aromatic carbocycles. The largest absolute Gasteiger partial charge is 0.393 e. The predicted octanol–water partition coefficient (Wildman–Crippen LogP) is -1.44. The Bertz CT molecular complexity index is 1290. The number of nitrogens with one attached hydrogen (secondary N) is 2. The van der Waals surface area contributed by atoms with Crippen LogP contribution in [0.3, 0.4) is 0 Å². The van der Waals surface area contributed by atoms with E-state index in [2.05, 4.69) is 41.0 Å². The smallest absolute Gasteiger partial charge is 0.359 e. The van der Waals surface area contributed by atoms with Gasteiger partial charge in [0.25, 0.3) is 0 Å². The molecule has 5 rings (SSSR count). The van der Waals surface area contributed by atoms with Crippen LogP contribution in [-0.2, 0) is 20.5 Å². The van der Waals surface area contributed by atoms with Crippen molar-refractivity contribution in [2.24, 2.45) is 5.92 Å². The Balaban J connectivity index is 1.35. The van der Waals surface area contributed by atoms with Crippen molar-refractivity contribution in [2.45, 2.75) is 49.1 Å². The van der Waals surface area contributed by atoms with Gasteiger partial charge in [-0.1, -0.05) is 5.21 Å². The Labute approximate surface area is 213 Å². The van der Waals surface area contributed by atoms with Crippen molar-refractivity contribution < 1.29 is 39.1 Å². The number of fused-ring (bicyclic) bond motifs is 1. The predicted molar refractivity (Wildman–Crippen MR) is 123 cm³/mol. The fourth-order valence-electron chi connectivity index (χ4n) is 4.03. The summed E-state index contributed by atoms with van der Waals surface area (Å²) in [5.74, 6) is 0.916. The highest BCUT2D eigenvalue weighted by Crippen LogP contribution is 2.53. The van der Waals surface area contributed by atoms with Crippen LogP contribution in [0, 0.1) is 5.92 Å². The van der Waals surface area contributed by atoms with Crippen molar-refractivity contribution >= 4 is 36.0 Å². The quantitative estimate of drug-likeness (QED) is 0.105. The molecule has 1 unspecified atom stereocenters. The number of nitrogens with zero attached hydrogens (tertiary/aromatic N) is 7. The summed E-state index contributed by atoms with van der Waals surface area (Å²) >= 11 is 6.11. The van der Waals surface area contributed by atoms with Gasteiger partial charge in [-0.05, 0) is 30.4 Å². The molecule has 2 aliphatic rings. The van der Waals surface area contributed by atoms with Crippen LogP contribution in [0.1, 0.15) is 24.9 Å². The molecule has 5 atom stereocenters. The van der Waals surface area contributed by atoms with E-state index in [0.717, 1.165) is 12.8 Å². The summed E-state index contributed by atoms with van der Waals surface area (Å²) in [5, 5.41) is 49.4. The minimum Gasteiger partial charge on any atom is -0.393 e. The topological polar surface area (TPSA) is 247 Å². The molecule has 17 nitrogen and oxygen atoms in total. The fourth-order valence-corrected chi connectivity index (χ4v) is 4.96. The lowest BCUT2D eigenvalue weighted by Gasteiger charge is -2.32. The third kappa shape index (κ3) is 5.19. The molecule has 37 heavy (non-hydrogen) atoms. The lowest BCUT2D eigenvalue weighted by Crippen LogP contribution is -2.43. The minimum atomic E-state index is -5.11. The number of aromatic nitrogens is 8. The van der Waals surface area contributed by atoms with E-state index in [9.17, 15) is 29.7 Å². The zero-order chi connectivity index (χ0) is 26.4. The van der Waals surface area contributed by atoms with Gasteiger partial charge < -0.3 is 39.9 Å². The molecule has 0 radical (unpaired) electrons. The molecular formula is C18H25ClN9O8P. The monoisotopic (exact) mass is 561 g/mol. The highest BCUT2D eigenvalue weighted by atomic mass is 35.5. The van der Waals surface area contributed by atoms with Crippen molar-refractivity contribution in [1.82, 2.24) is 40.4 Å². The highest BCUT2D eigenvalue weighted by molar-refractivity contribution is 7.53. The number of anilines is 1. The number of rotatable bonds is 11. The van der Waals surface area contributed by atoms with Crippen LogP contribution < -0.4 is 5.32 Å².